The lowest BCUT2D eigenvalue weighted by Crippen LogP contribution is -2.51. The molecule has 0 spiro atoms. The third-order valence-electron chi connectivity index (χ3n) is 2.95. The van der Waals surface area contributed by atoms with Gasteiger partial charge < -0.3 is 5.32 Å². The fourth-order valence-electron chi connectivity index (χ4n) is 2.10. The van der Waals surface area contributed by atoms with E-state index in [-0.39, 0.29) is 37.6 Å². The molecule has 21 heavy (non-hydrogen) atoms. The number of rotatable bonds is 4. The summed E-state index contributed by atoms with van der Waals surface area (Å²) in [4.78, 5) is 12.6. The van der Waals surface area contributed by atoms with Gasteiger partial charge in [-0.2, -0.15) is 0 Å². The van der Waals surface area contributed by atoms with Crippen LogP contribution in [0.3, 0.4) is 0 Å². The minimum atomic E-state index is -0.322. The van der Waals surface area contributed by atoms with E-state index in [0.29, 0.717) is 0 Å². The second-order valence-electron chi connectivity index (χ2n) is 7.25. The molecule has 0 bridgehead atoms. The van der Waals surface area contributed by atoms with Gasteiger partial charge in [0.2, 0.25) is 0 Å². The summed E-state index contributed by atoms with van der Waals surface area (Å²) in [5.74, 6) is 0.270. The molecule has 0 fully saturated rings. The van der Waals surface area contributed by atoms with Gasteiger partial charge >= 0.3 is 0 Å². The van der Waals surface area contributed by atoms with Crippen molar-refractivity contribution >= 4 is 5.78 Å². The van der Waals surface area contributed by atoms with Crippen LogP contribution in [0.2, 0.25) is 0 Å². The highest BCUT2D eigenvalue weighted by Crippen LogP contribution is 2.20. The topological polar surface area (TPSA) is 29.1 Å². The van der Waals surface area contributed by atoms with E-state index in [2.05, 4.69) is 38.2 Å². The lowest BCUT2D eigenvalue weighted by Gasteiger charge is -2.32. The van der Waals surface area contributed by atoms with Gasteiger partial charge in [-0.25, -0.2) is 0 Å². The molecule has 0 unspecified atom stereocenters. The summed E-state index contributed by atoms with van der Waals surface area (Å²) < 4.78 is 0. The molecule has 0 aliphatic carbocycles. The minimum Gasteiger partial charge on any atom is -0.302 e. The van der Waals surface area contributed by atoms with Crippen LogP contribution in [-0.2, 0) is 11.2 Å². The highest BCUT2D eigenvalue weighted by Gasteiger charge is 2.31. The average Bonchev–Trinajstić information content (AvgIpc) is 2.25. The Morgan fingerprint density at radius 3 is 1.86 bits per heavy atom. The maximum absolute atomic E-state index is 12.6. The van der Waals surface area contributed by atoms with Crippen molar-refractivity contribution in [3.63, 3.8) is 0 Å². The van der Waals surface area contributed by atoms with Gasteiger partial charge in [-0.05, 0) is 32.8 Å². The Balaban J connectivity index is 0. The van der Waals surface area contributed by atoms with Gasteiger partial charge in [-0.1, -0.05) is 66.0 Å². The molecule has 2 nitrogen and oxygen atoms in total. The van der Waals surface area contributed by atoms with E-state index in [1.54, 1.807) is 0 Å². The van der Waals surface area contributed by atoms with E-state index in [1.165, 1.54) is 5.56 Å². The maximum Gasteiger partial charge on any atom is 0.155 e. The summed E-state index contributed by atoms with van der Waals surface area (Å²) in [6.45, 7) is 12.2. The van der Waals surface area contributed by atoms with Crippen molar-refractivity contribution < 1.29 is 4.79 Å². The summed E-state index contributed by atoms with van der Waals surface area (Å²) in [6.07, 6.45) is 0.744. The van der Waals surface area contributed by atoms with Crippen LogP contribution in [0.1, 0.15) is 62.0 Å². The molecule has 0 aliphatic heterocycles. The van der Waals surface area contributed by atoms with E-state index in [4.69, 9.17) is 0 Å². The van der Waals surface area contributed by atoms with Crippen molar-refractivity contribution in [2.45, 2.75) is 74.4 Å². The highest BCUT2D eigenvalue weighted by molar-refractivity contribution is 5.89. The van der Waals surface area contributed by atoms with E-state index < -0.39 is 0 Å². The number of hydrogen-bond donors (Lipinski definition) is 1. The Kier molecular flexibility index (Phi) is 8.78. The number of carbonyl (C=O) groups is 1. The maximum atomic E-state index is 12.6. The number of Topliss-reactive ketones (excluding diaryl/α,β-unsaturated/α-hetero) is 1. The van der Waals surface area contributed by atoms with Crippen molar-refractivity contribution in [3.8, 4) is 0 Å². The second-order valence-corrected chi connectivity index (χ2v) is 7.25. The van der Waals surface area contributed by atoms with Crippen LogP contribution in [-0.4, -0.2) is 17.4 Å². The molecule has 122 valence electrons. The van der Waals surface area contributed by atoms with Crippen LogP contribution in [0, 0.1) is 5.41 Å². The molecule has 0 heterocycles. The quantitative estimate of drug-likeness (QED) is 0.857. The summed E-state index contributed by atoms with van der Waals surface area (Å²) in [7, 11) is 0. The van der Waals surface area contributed by atoms with Gasteiger partial charge in [0.15, 0.2) is 5.78 Å². The van der Waals surface area contributed by atoms with Gasteiger partial charge in [0, 0.05) is 11.0 Å². The van der Waals surface area contributed by atoms with Crippen LogP contribution < -0.4 is 5.32 Å². The van der Waals surface area contributed by atoms with Crippen molar-refractivity contribution in [2.75, 3.05) is 0 Å². The zero-order valence-corrected chi connectivity index (χ0v) is 13.1. The van der Waals surface area contributed by atoms with Crippen molar-refractivity contribution in [1.82, 2.24) is 5.32 Å². The summed E-state index contributed by atoms with van der Waals surface area (Å²) in [5.41, 5.74) is 0.805. The lowest BCUT2D eigenvalue weighted by atomic mass is 9.83. The van der Waals surface area contributed by atoms with Crippen LogP contribution in [0.5, 0.6) is 0 Å². The molecule has 0 aliphatic rings. The third-order valence-corrected chi connectivity index (χ3v) is 2.95. The smallest absolute Gasteiger partial charge is 0.155 e. The molecular weight excluding hydrogens is 258 g/mol. The molecule has 0 saturated carbocycles. The molecule has 2 heteroatoms. The summed E-state index contributed by atoms with van der Waals surface area (Å²) in [5, 5.41) is 3.46. The molecule has 1 rings (SSSR count). The molecule has 0 saturated heterocycles. The molecule has 1 aromatic rings. The normalized spacial score (nSPS) is 12.9. The van der Waals surface area contributed by atoms with Crippen LogP contribution in [0.15, 0.2) is 30.3 Å². The summed E-state index contributed by atoms with van der Waals surface area (Å²) in [6, 6.07) is 10.1. The monoisotopic (exact) mass is 293 g/mol. The number of ketones is 1. The van der Waals surface area contributed by atoms with Crippen molar-refractivity contribution in [3.05, 3.63) is 35.9 Å². The van der Waals surface area contributed by atoms with Gasteiger partial charge in [0.05, 0.1) is 6.04 Å². The fraction of sp³-hybridized carbons (Fsp3) is 0.632. The minimum absolute atomic E-state index is 0. The molecule has 1 atom stereocenters. The third kappa shape index (κ3) is 8.01. The number of nitrogens with one attached hydrogen (secondary N) is 1. The number of carbonyl (C=O) groups excluding carboxylic acids is 1. The van der Waals surface area contributed by atoms with E-state index in [0.717, 1.165) is 6.42 Å². The Morgan fingerprint density at radius 2 is 1.48 bits per heavy atom. The molecule has 1 N–H and O–H groups in total. The van der Waals surface area contributed by atoms with E-state index in [9.17, 15) is 4.79 Å². The van der Waals surface area contributed by atoms with Crippen LogP contribution >= 0.6 is 0 Å². The predicted octanol–water partition coefficient (Wildman–Crippen LogP) is 4.87. The average molecular weight is 293 g/mol. The van der Waals surface area contributed by atoms with Crippen molar-refractivity contribution in [1.29, 1.82) is 0 Å². The standard InChI is InChI=1S/C17H27NO.2CH4/c1-16(2,3)15(19)14(18-17(4,5)6)12-13-10-8-7-9-11-13;;/h7-11,14,18H,12H2,1-6H3;2*1H4/t14-;;/m0../s1. The largest absolute Gasteiger partial charge is 0.302 e. The zero-order valence-electron chi connectivity index (χ0n) is 13.1. The van der Waals surface area contributed by atoms with Gasteiger partial charge in [-0.15, -0.1) is 0 Å². The predicted molar refractivity (Wildman–Crippen MR) is 94.7 cm³/mol. The van der Waals surface area contributed by atoms with E-state index >= 15 is 0 Å². The molecule has 0 radical (unpaired) electrons. The zero-order chi connectivity index (χ0) is 14.7. The first-order valence-electron chi connectivity index (χ1n) is 6.95. The Hall–Kier alpha value is -1.15. The fourth-order valence-corrected chi connectivity index (χ4v) is 2.10. The second kappa shape index (κ2) is 8.33. The Morgan fingerprint density at radius 1 is 1.00 bits per heavy atom. The first-order chi connectivity index (χ1) is 8.59. The lowest BCUT2D eigenvalue weighted by molar-refractivity contribution is -0.128. The van der Waals surface area contributed by atoms with Gasteiger partial charge in [0.25, 0.3) is 0 Å². The van der Waals surface area contributed by atoms with E-state index in [1.807, 2.05) is 39.0 Å². The van der Waals surface area contributed by atoms with Crippen molar-refractivity contribution in [2.24, 2.45) is 5.41 Å². The van der Waals surface area contributed by atoms with Gasteiger partial charge in [0.1, 0.15) is 0 Å². The Bertz CT molecular complexity index is 409. The highest BCUT2D eigenvalue weighted by atomic mass is 16.1. The Labute approximate surface area is 132 Å². The van der Waals surface area contributed by atoms with Crippen LogP contribution in [0.25, 0.3) is 0 Å². The van der Waals surface area contributed by atoms with Crippen LogP contribution in [0.4, 0.5) is 0 Å². The SMILES string of the molecule is C.C.CC(C)(C)N[C@@H](Cc1ccccc1)C(=O)C(C)(C)C. The molecular formula is C19H35NO. The molecule has 0 aromatic heterocycles. The molecule has 0 amide bonds. The first kappa shape index (κ1) is 22.1. The molecule has 1 aromatic carbocycles. The number of hydrogen-bond acceptors (Lipinski definition) is 2. The van der Waals surface area contributed by atoms with Gasteiger partial charge in [-0.3, -0.25) is 4.79 Å². The first-order valence-corrected chi connectivity index (χ1v) is 6.95. The summed E-state index contributed by atoms with van der Waals surface area (Å²) >= 11 is 0. The number of benzene rings is 1.